The van der Waals surface area contributed by atoms with Gasteiger partial charge in [0.05, 0.1) is 12.2 Å². The van der Waals surface area contributed by atoms with Crippen molar-refractivity contribution in [3.8, 4) is 5.82 Å². The Labute approximate surface area is 165 Å². The molecule has 1 aliphatic carbocycles. The number of carbonyl (C=O) groups is 1. The second-order valence-electron chi connectivity index (χ2n) is 6.99. The van der Waals surface area contributed by atoms with E-state index in [1.165, 1.54) is 21.5 Å². The summed E-state index contributed by atoms with van der Waals surface area (Å²) in [7, 11) is 0. The highest BCUT2D eigenvalue weighted by Crippen LogP contribution is 2.38. The van der Waals surface area contributed by atoms with E-state index < -0.39 is 6.04 Å². The van der Waals surface area contributed by atoms with Crippen LogP contribution < -0.4 is 16.4 Å². The summed E-state index contributed by atoms with van der Waals surface area (Å²) in [5.41, 5.74) is 0.246. The topological polar surface area (TPSA) is 117 Å². The molecule has 1 N–H and O–H groups in total. The third-order valence-corrected chi connectivity index (χ3v) is 4.80. The zero-order chi connectivity index (χ0) is 20.4. The maximum absolute atomic E-state index is 12.5. The summed E-state index contributed by atoms with van der Waals surface area (Å²) in [4.78, 5) is 36.6. The van der Waals surface area contributed by atoms with Crippen LogP contribution in [-0.4, -0.2) is 41.8 Å². The van der Waals surface area contributed by atoms with Crippen LogP contribution in [0.2, 0.25) is 0 Å². The van der Waals surface area contributed by atoms with Gasteiger partial charge in [-0.3, -0.25) is 14.4 Å². The zero-order valence-corrected chi connectivity index (χ0v) is 15.9. The Balaban J connectivity index is 1.40. The van der Waals surface area contributed by atoms with Crippen molar-refractivity contribution < 1.29 is 4.79 Å². The summed E-state index contributed by atoms with van der Waals surface area (Å²) in [6.45, 7) is 2.01. The minimum Gasteiger partial charge on any atom is -0.352 e. The molecule has 0 saturated heterocycles. The number of carbonyl (C=O) groups excluding carboxylic acids is 1. The van der Waals surface area contributed by atoms with Gasteiger partial charge in [-0.1, -0.05) is 0 Å². The van der Waals surface area contributed by atoms with E-state index in [1.807, 2.05) is 0 Å². The molecule has 4 rings (SSSR count). The van der Waals surface area contributed by atoms with Crippen molar-refractivity contribution in [3.63, 3.8) is 0 Å². The van der Waals surface area contributed by atoms with Gasteiger partial charge in [0.25, 0.3) is 11.1 Å². The van der Waals surface area contributed by atoms with Crippen LogP contribution in [0.4, 0.5) is 0 Å². The van der Waals surface area contributed by atoms with Gasteiger partial charge in [-0.15, -0.1) is 5.10 Å². The van der Waals surface area contributed by atoms with Crippen molar-refractivity contribution in [1.82, 2.24) is 34.7 Å². The van der Waals surface area contributed by atoms with Gasteiger partial charge >= 0.3 is 0 Å². The number of amides is 1. The highest BCUT2D eigenvalue weighted by Gasteiger charge is 2.27. The molecule has 3 aromatic rings. The fraction of sp³-hybridized carbons (Fsp3) is 0.368. The van der Waals surface area contributed by atoms with Gasteiger partial charge in [-0.05, 0) is 38.0 Å². The number of rotatable bonds is 7. The SMILES string of the molecule is CC(C(=O)NCCn1nc(-n2cccn2)ccc1=O)n1nc(C2CC2)ccc1=O. The van der Waals surface area contributed by atoms with Crippen molar-refractivity contribution >= 4 is 5.91 Å². The first-order valence-corrected chi connectivity index (χ1v) is 9.48. The molecule has 1 atom stereocenters. The van der Waals surface area contributed by atoms with Crippen LogP contribution >= 0.6 is 0 Å². The van der Waals surface area contributed by atoms with Crippen LogP contribution in [0.3, 0.4) is 0 Å². The van der Waals surface area contributed by atoms with Crippen LogP contribution in [0.15, 0.2) is 52.3 Å². The lowest BCUT2D eigenvalue weighted by atomic mass is 10.2. The molecule has 10 nitrogen and oxygen atoms in total. The smallest absolute Gasteiger partial charge is 0.267 e. The van der Waals surface area contributed by atoms with Gasteiger partial charge < -0.3 is 5.32 Å². The lowest BCUT2D eigenvalue weighted by molar-refractivity contribution is -0.124. The molecule has 1 fully saturated rings. The van der Waals surface area contributed by atoms with Crippen LogP contribution in [0.1, 0.15) is 37.4 Å². The second-order valence-corrected chi connectivity index (χ2v) is 6.99. The number of aromatic nitrogens is 6. The predicted molar refractivity (Wildman–Crippen MR) is 104 cm³/mol. The lowest BCUT2D eigenvalue weighted by Gasteiger charge is -2.15. The zero-order valence-electron chi connectivity index (χ0n) is 15.9. The van der Waals surface area contributed by atoms with E-state index in [2.05, 4.69) is 20.6 Å². The van der Waals surface area contributed by atoms with Gasteiger partial charge in [0.15, 0.2) is 5.82 Å². The molecule has 1 amide bonds. The Morgan fingerprint density at radius 3 is 2.69 bits per heavy atom. The lowest BCUT2D eigenvalue weighted by Crippen LogP contribution is -2.39. The van der Waals surface area contributed by atoms with Crippen LogP contribution in [0, 0.1) is 0 Å². The van der Waals surface area contributed by atoms with Gasteiger partial charge in [0.2, 0.25) is 5.91 Å². The molecule has 29 heavy (non-hydrogen) atoms. The van der Waals surface area contributed by atoms with Crippen molar-refractivity contribution in [3.05, 3.63) is 69.1 Å². The summed E-state index contributed by atoms with van der Waals surface area (Å²) in [6.07, 6.45) is 5.46. The maximum Gasteiger partial charge on any atom is 0.267 e. The van der Waals surface area contributed by atoms with Gasteiger partial charge in [-0.2, -0.15) is 10.2 Å². The van der Waals surface area contributed by atoms with Crippen LogP contribution in [-0.2, 0) is 11.3 Å². The normalized spacial score (nSPS) is 14.5. The highest BCUT2D eigenvalue weighted by atomic mass is 16.2. The number of hydrogen-bond donors (Lipinski definition) is 1. The fourth-order valence-electron chi connectivity index (χ4n) is 2.98. The Morgan fingerprint density at radius 1 is 1.17 bits per heavy atom. The molecule has 1 aliphatic rings. The van der Waals surface area contributed by atoms with Crippen LogP contribution in [0.5, 0.6) is 0 Å². The van der Waals surface area contributed by atoms with E-state index in [1.54, 1.807) is 42.2 Å². The monoisotopic (exact) mass is 395 g/mol. The fourth-order valence-corrected chi connectivity index (χ4v) is 2.98. The molecule has 0 radical (unpaired) electrons. The Kier molecular flexibility index (Phi) is 5.07. The quantitative estimate of drug-likeness (QED) is 0.613. The van der Waals surface area contributed by atoms with Gasteiger partial charge in [0.1, 0.15) is 6.04 Å². The summed E-state index contributed by atoms with van der Waals surface area (Å²) >= 11 is 0. The minimum atomic E-state index is -0.749. The standard InChI is InChI=1S/C19H21N7O3/c1-13(26-18(28)7-5-15(22-26)14-3-4-14)19(29)20-10-12-25-17(27)8-6-16(23-25)24-11-2-9-21-24/h2,5-9,11,13-14H,3-4,10,12H2,1H3,(H,20,29). The van der Waals surface area contributed by atoms with Crippen molar-refractivity contribution in [2.75, 3.05) is 6.54 Å². The average Bonchev–Trinajstić information content (AvgIpc) is 3.43. The number of nitrogens with one attached hydrogen (secondary N) is 1. The Morgan fingerprint density at radius 2 is 1.97 bits per heavy atom. The summed E-state index contributed by atoms with van der Waals surface area (Å²) < 4.78 is 4.02. The van der Waals surface area contributed by atoms with Crippen molar-refractivity contribution in [2.24, 2.45) is 0 Å². The number of nitrogens with zero attached hydrogens (tertiary/aromatic N) is 6. The maximum atomic E-state index is 12.5. The molecule has 3 aromatic heterocycles. The van der Waals surface area contributed by atoms with E-state index >= 15 is 0 Å². The van der Waals surface area contributed by atoms with Gasteiger partial charge in [0, 0.05) is 37.0 Å². The average molecular weight is 395 g/mol. The van der Waals surface area contributed by atoms with Gasteiger partial charge in [-0.25, -0.2) is 14.0 Å². The molecule has 150 valence electrons. The minimum absolute atomic E-state index is 0.190. The third-order valence-electron chi connectivity index (χ3n) is 4.80. The highest BCUT2D eigenvalue weighted by molar-refractivity contribution is 5.79. The summed E-state index contributed by atoms with van der Waals surface area (Å²) in [6, 6.07) is 7.17. The molecule has 0 aliphatic heterocycles. The predicted octanol–water partition coefficient (Wildman–Crippen LogP) is 0.240. The second kappa shape index (κ2) is 7.82. The first-order valence-electron chi connectivity index (χ1n) is 9.48. The molecular weight excluding hydrogens is 374 g/mol. The van der Waals surface area contributed by atoms with Crippen molar-refractivity contribution in [1.29, 1.82) is 0 Å². The molecule has 0 aromatic carbocycles. The molecular formula is C19H21N7O3. The Hall–Kier alpha value is -3.56. The first-order chi connectivity index (χ1) is 14.0. The summed E-state index contributed by atoms with van der Waals surface area (Å²) in [5.74, 6) is 0.544. The summed E-state index contributed by atoms with van der Waals surface area (Å²) in [5, 5.41) is 15.4. The van der Waals surface area contributed by atoms with Crippen LogP contribution in [0.25, 0.3) is 5.82 Å². The van der Waals surface area contributed by atoms with E-state index in [0.29, 0.717) is 11.7 Å². The molecule has 1 saturated carbocycles. The molecule has 1 unspecified atom stereocenters. The van der Waals surface area contributed by atoms with E-state index in [0.717, 1.165) is 18.5 Å². The van der Waals surface area contributed by atoms with E-state index in [9.17, 15) is 14.4 Å². The molecule has 0 spiro atoms. The largest absolute Gasteiger partial charge is 0.352 e. The molecule has 0 bridgehead atoms. The van der Waals surface area contributed by atoms with Crippen molar-refractivity contribution in [2.45, 2.75) is 38.3 Å². The number of hydrogen-bond acceptors (Lipinski definition) is 6. The van der Waals surface area contributed by atoms with E-state index in [-0.39, 0.29) is 30.1 Å². The Bertz CT molecular complexity index is 1130. The first kappa shape index (κ1) is 18.8. The van der Waals surface area contributed by atoms with E-state index in [4.69, 9.17) is 0 Å². The molecule has 3 heterocycles. The third kappa shape index (κ3) is 4.15. The molecule has 10 heteroatoms.